The van der Waals surface area contributed by atoms with E-state index >= 15 is 0 Å². The monoisotopic (exact) mass is 240 g/mol. The van der Waals surface area contributed by atoms with Crippen LogP contribution in [-0.4, -0.2) is 25.2 Å². The third-order valence-electron chi connectivity index (χ3n) is 3.20. The van der Waals surface area contributed by atoms with Gasteiger partial charge in [-0.25, -0.2) is 4.98 Å². The van der Waals surface area contributed by atoms with Crippen LogP contribution < -0.4 is 5.32 Å². The van der Waals surface area contributed by atoms with E-state index in [-0.39, 0.29) is 0 Å². The average molecular weight is 240 g/mol. The molecular weight excluding hydrogens is 220 g/mol. The molecule has 1 atom stereocenters. The van der Waals surface area contributed by atoms with Gasteiger partial charge in [0.1, 0.15) is 0 Å². The summed E-state index contributed by atoms with van der Waals surface area (Å²) in [6.07, 6.45) is 5.00. The molecule has 4 heteroatoms. The summed E-state index contributed by atoms with van der Waals surface area (Å²) >= 11 is 1.83. The maximum absolute atomic E-state index is 5.01. The molecule has 1 aliphatic carbocycles. The molecule has 3 nitrogen and oxygen atoms in total. The van der Waals surface area contributed by atoms with E-state index < -0.39 is 0 Å². The van der Waals surface area contributed by atoms with Crippen molar-refractivity contribution >= 4 is 16.5 Å². The molecule has 1 unspecified atom stereocenters. The largest absolute Gasteiger partial charge is 0.383 e. The van der Waals surface area contributed by atoms with E-state index in [1.807, 2.05) is 11.3 Å². The van der Waals surface area contributed by atoms with E-state index in [1.54, 1.807) is 7.11 Å². The molecule has 0 saturated heterocycles. The van der Waals surface area contributed by atoms with Gasteiger partial charge in [-0.15, -0.1) is 11.3 Å². The molecule has 1 aromatic heterocycles. The highest BCUT2D eigenvalue weighted by atomic mass is 32.1. The lowest BCUT2D eigenvalue weighted by atomic mass is 9.89. The Hall–Kier alpha value is -0.610. The summed E-state index contributed by atoms with van der Waals surface area (Å²) in [5.41, 5.74) is 1.33. The fraction of sp³-hybridized carbons (Fsp3) is 0.750. The Balaban J connectivity index is 1.95. The van der Waals surface area contributed by atoms with Gasteiger partial charge in [-0.1, -0.05) is 13.3 Å². The molecule has 1 N–H and O–H groups in total. The number of methoxy groups -OCH3 is 1. The molecule has 1 aromatic rings. The topological polar surface area (TPSA) is 34.2 Å². The van der Waals surface area contributed by atoms with Crippen LogP contribution in [0.4, 0.5) is 5.13 Å². The van der Waals surface area contributed by atoms with Gasteiger partial charge in [0, 0.05) is 18.5 Å². The number of rotatable bonds is 5. The second kappa shape index (κ2) is 5.64. The van der Waals surface area contributed by atoms with Crippen LogP contribution in [0.2, 0.25) is 0 Å². The molecule has 1 heterocycles. The fourth-order valence-corrected chi connectivity index (χ4v) is 3.28. The Morgan fingerprint density at radius 2 is 2.44 bits per heavy atom. The standard InChI is InChI=1S/C12H20N2OS/c1-3-9-4-5-10-11(8-9)16-12(14-10)13-6-7-15-2/h9H,3-8H2,1-2H3,(H,13,14). The zero-order valence-corrected chi connectivity index (χ0v) is 10.9. The van der Waals surface area contributed by atoms with Gasteiger partial charge < -0.3 is 10.1 Å². The van der Waals surface area contributed by atoms with Crippen molar-refractivity contribution in [2.75, 3.05) is 25.6 Å². The van der Waals surface area contributed by atoms with Crippen molar-refractivity contribution in [3.8, 4) is 0 Å². The minimum Gasteiger partial charge on any atom is -0.383 e. The second-order valence-corrected chi connectivity index (χ2v) is 5.41. The number of ether oxygens (including phenoxy) is 1. The third kappa shape index (κ3) is 2.74. The van der Waals surface area contributed by atoms with Crippen LogP contribution >= 0.6 is 11.3 Å². The van der Waals surface area contributed by atoms with E-state index in [0.29, 0.717) is 0 Å². The van der Waals surface area contributed by atoms with Crippen molar-refractivity contribution in [2.45, 2.75) is 32.6 Å². The SMILES string of the molecule is CCC1CCc2nc(NCCOC)sc2C1. The maximum atomic E-state index is 5.01. The number of fused-ring (bicyclic) bond motifs is 1. The fourth-order valence-electron chi connectivity index (χ4n) is 2.13. The smallest absolute Gasteiger partial charge is 0.183 e. The first-order chi connectivity index (χ1) is 7.83. The molecule has 0 bridgehead atoms. The summed E-state index contributed by atoms with van der Waals surface area (Å²) in [6.45, 7) is 3.87. The van der Waals surface area contributed by atoms with Crippen LogP contribution in [0.3, 0.4) is 0 Å². The normalized spacial score (nSPS) is 19.5. The summed E-state index contributed by atoms with van der Waals surface area (Å²) in [6, 6.07) is 0. The number of hydrogen-bond acceptors (Lipinski definition) is 4. The van der Waals surface area contributed by atoms with E-state index in [9.17, 15) is 0 Å². The zero-order valence-electron chi connectivity index (χ0n) is 10.1. The predicted octanol–water partition coefficient (Wildman–Crippen LogP) is 2.72. The Bertz CT molecular complexity index is 338. The first-order valence-corrected chi connectivity index (χ1v) is 6.86. The molecule has 0 spiro atoms. The maximum Gasteiger partial charge on any atom is 0.183 e. The zero-order chi connectivity index (χ0) is 11.4. The van der Waals surface area contributed by atoms with E-state index in [1.165, 1.54) is 29.8 Å². The van der Waals surface area contributed by atoms with Crippen LogP contribution in [0.1, 0.15) is 30.3 Å². The van der Waals surface area contributed by atoms with Gasteiger partial charge in [0.15, 0.2) is 5.13 Å². The lowest BCUT2D eigenvalue weighted by Crippen LogP contribution is -2.11. The van der Waals surface area contributed by atoms with Crippen LogP contribution in [0.15, 0.2) is 0 Å². The highest BCUT2D eigenvalue weighted by molar-refractivity contribution is 7.15. The number of thiazole rings is 1. The highest BCUT2D eigenvalue weighted by Crippen LogP contribution is 2.33. The first-order valence-electron chi connectivity index (χ1n) is 6.04. The van der Waals surface area contributed by atoms with Crippen molar-refractivity contribution in [2.24, 2.45) is 5.92 Å². The summed E-state index contributed by atoms with van der Waals surface area (Å²) in [7, 11) is 1.72. The van der Waals surface area contributed by atoms with E-state index in [0.717, 1.165) is 30.6 Å². The Labute approximate surface area is 101 Å². The molecular formula is C12H20N2OS. The van der Waals surface area contributed by atoms with Crippen molar-refractivity contribution in [1.29, 1.82) is 0 Å². The Morgan fingerprint density at radius 1 is 1.56 bits per heavy atom. The minimum atomic E-state index is 0.738. The van der Waals surface area contributed by atoms with Crippen LogP contribution in [-0.2, 0) is 17.6 Å². The summed E-state index contributed by atoms with van der Waals surface area (Å²) in [5.74, 6) is 0.875. The Kier molecular flexibility index (Phi) is 4.18. The van der Waals surface area contributed by atoms with Gasteiger partial charge in [0.25, 0.3) is 0 Å². The number of nitrogens with zero attached hydrogens (tertiary/aromatic N) is 1. The lowest BCUT2D eigenvalue weighted by molar-refractivity contribution is 0.211. The molecule has 1 aliphatic rings. The molecule has 90 valence electrons. The molecule has 0 fully saturated rings. The van der Waals surface area contributed by atoms with Crippen LogP contribution in [0, 0.1) is 5.92 Å². The van der Waals surface area contributed by atoms with Gasteiger partial charge >= 0.3 is 0 Å². The number of anilines is 1. The summed E-state index contributed by atoms with van der Waals surface area (Å²) in [5, 5.41) is 4.39. The number of aryl methyl sites for hydroxylation is 1. The van der Waals surface area contributed by atoms with Crippen molar-refractivity contribution in [1.82, 2.24) is 4.98 Å². The predicted molar refractivity (Wildman–Crippen MR) is 68.3 cm³/mol. The molecule has 2 rings (SSSR count). The number of hydrogen-bond donors (Lipinski definition) is 1. The van der Waals surface area contributed by atoms with Gasteiger partial charge in [0.2, 0.25) is 0 Å². The molecule has 16 heavy (non-hydrogen) atoms. The van der Waals surface area contributed by atoms with Gasteiger partial charge in [-0.05, 0) is 25.2 Å². The summed E-state index contributed by atoms with van der Waals surface area (Å²) in [4.78, 5) is 6.14. The second-order valence-electron chi connectivity index (χ2n) is 4.33. The quantitative estimate of drug-likeness (QED) is 0.804. The molecule has 0 radical (unpaired) electrons. The van der Waals surface area contributed by atoms with E-state index in [4.69, 9.17) is 4.74 Å². The molecule has 0 aromatic carbocycles. The van der Waals surface area contributed by atoms with Crippen LogP contribution in [0.25, 0.3) is 0 Å². The average Bonchev–Trinajstić information content (AvgIpc) is 2.70. The summed E-state index contributed by atoms with van der Waals surface area (Å²) < 4.78 is 5.01. The first kappa shape index (κ1) is 11.9. The molecule has 0 saturated carbocycles. The van der Waals surface area contributed by atoms with E-state index in [2.05, 4.69) is 17.2 Å². The number of nitrogens with one attached hydrogen (secondary N) is 1. The highest BCUT2D eigenvalue weighted by Gasteiger charge is 2.21. The van der Waals surface area contributed by atoms with Gasteiger partial charge in [-0.2, -0.15) is 0 Å². The minimum absolute atomic E-state index is 0.738. The van der Waals surface area contributed by atoms with Crippen molar-refractivity contribution in [3.05, 3.63) is 10.6 Å². The van der Waals surface area contributed by atoms with Crippen molar-refractivity contribution in [3.63, 3.8) is 0 Å². The third-order valence-corrected chi connectivity index (χ3v) is 4.28. The van der Waals surface area contributed by atoms with Gasteiger partial charge in [0.05, 0.1) is 12.3 Å². The number of aromatic nitrogens is 1. The molecule has 0 aliphatic heterocycles. The van der Waals surface area contributed by atoms with Crippen LogP contribution in [0.5, 0.6) is 0 Å². The van der Waals surface area contributed by atoms with Crippen molar-refractivity contribution < 1.29 is 4.74 Å². The Morgan fingerprint density at radius 3 is 3.19 bits per heavy atom. The molecule has 0 amide bonds. The van der Waals surface area contributed by atoms with Gasteiger partial charge in [-0.3, -0.25) is 0 Å². The lowest BCUT2D eigenvalue weighted by Gasteiger charge is -2.18.